The van der Waals surface area contributed by atoms with Gasteiger partial charge >= 0.3 is 0 Å². The molecule has 2 unspecified atom stereocenters. The summed E-state index contributed by atoms with van der Waals surface area (Å²) in [5.74, 6) is 0.255. The van der Waals surface area contributed by atoms with Crippen LogP contribution in [0.4, 0.5) is 0 Å². The molecule has 1 saturated carbocycles. The molecule has 0 heterocycles. The Morgan fingerprint density at radius 3 is 2.67 bits per heavy atom. The molecule has 3 nitrogen and oxygen atoms in total. The van der Waals surface area contributed by atoms with Crippen LogP contribution < -0.4 is 0 Å². The molecule has 1 fully saturated rings. The first kappa shape index (κ1) is 9.23. The molecule has 0 aliphatic heterocycles. The van der Waals surface area contributed by atoms with E-state index in [2.05, 4.69) is 5.16 Å². The van der Waals surface area contributed by atoms with Gasteiger partial charge in [-0.2, -0.15) is 0 Å². The molecule has 12 heavy (non-hydrogen) atoms. The predicted octanol–water partition coefficient (Wildman–Crippen LogP) is 1.84. The van der Waals surface area contributed by atoms with Crippen LogP contribution in [-0.2, 0) is 4.79 Å². The topological polar surface area (TPSA) is 49.7 Å². The highest BCUT2D eigenvalue weighted by molar-refractivity contribution is 6.05. The van der Waals surface area contributed by atoms with Crippen LogP contribution in [0.2, 0.25) is 0 Å². The molecule has 0 aromatic carbocycles. The maximum absolute atomic E-state index is 11.1. The Morgan fingerprint density at radius 2 is 2.25 bits per heavy atom. The molecule has 1 aliphatic rings. The zero-order valence-electron chi connectivity index (χ0n) is 7.58. The van der Waals surface area contributed by atoms with Crippen molar-refractivity contribution in [3.8, 4) is 0 Å². The number of nitrogens with zero attached hydrogens (tertiary/aromatic N) is 1. The maximum atomic E-state index is 11.1. The van der Waals surface area contributed by atoms with Crippen LogP contribution in [-0.4, -0.2) is 16.7 Å². The van der Waals surface area contributed by atoms with Crippen molar-refractivity contribution < 1.29 is 10.0 Å². The summed E-state index contributed by atoms with van der Waals surface area (Å²) in [6, 6.07) is 0. The highest BCUT2D eigenvalue weighted by Gasteiger charge is 2.29. The van der Waals surface area contributed by atoms with E-state index < -0.39 is 0 Å². The van der Waals surface area contributed by atoms with Gasteiger partial charge in [-0.1, -0.05) is 18.5 Å². The summed E-state index contributed by atoms with van der Waals surface area (Å²) in [5.41, 5.74) is 0.675. The molecule has 0 amide bonds. The lowest BCUT2D eigenvalue weighted by atomic mass is 9.79. The third kappa shape index (κ3) is 1.65. The molecule has 68 valence electrons. The molecule has 0 radical (unpaired) electrons. The third-order valence-corrected chi connectivity index (χ3v) is 2.60. The lowest BCUT2D eigenvalue weighted by Gasteiger charge is -2.25. The standard InChI is InChI=1S/C9H15NO2/c1-6-4-3-5-8(7(2)11)9(6)10-12/h6,8,12H,3-5H2,1-2H3/b10-9-. The summed E-state index contributed by atoms with van der Waals surface area (Å²) in [4.78, 5) is 11.1. The molecule has 1 rings (SSSR count). The van der Waals surface area contributed by atoms with Gasteiger partial charge in [0.25, 0.3) is 0 Å². The number of Topliss-reactive ketones (excluding diaryl/α,β-unsaturated/α-hetero) is 1. The van der Waals surface area contributed by atoms with Gasteiger partial charge in [-0.15, -0.1) is 0 Å². The first-order valence-electron chi connectivity index (χ1n) is 4.39. The average molecular weight is 169 g/mol. The number of carbonyl (C=O) groups is 1. The number of oxime groups is 1. The Bertz CT molecular complexity index is 211. The molecule has 1 aliphatic carbocycles. The Hall–Kier alpha value is -0.860. The summed E-state index contributed by atoms with van der Waals surface area (Å²) >= 11 is 0. The van der Waals surface area contributed by atoms with Crippen LogP contribution >= 0.6 is 0 Å². The minimum atomic E-state index is -0.126. The van der Waals surface area contributed by atoms with E-state index in [1.54, 1.807) is 6.92 Å². The molecule has 0 aromatic rings. The van der Waals surface area contributed by atoms with Crippen LogP contribution in [0.1, 0.15) is 33.1 Å². The maximum Gasteiger partial charge on any atom is 0.138 e. The lowest BCUT2D eigenvalue weighted by Crippen LogP contribution is -2.31. The van der Waals surface area contributed by atoms with Crippen molar-refractivity contribution in [1.82, 2.24) is 0 Å². The minimum absolute atomic E-state index is 0.120. The molecule has 2 atom stereocenters. The lowest BCUT2D eigenvalue weighted by molar-refractivity contribution is -0.119. The Kier molecular flexibility index (Phi) is 2.84. The van der Waals surface area contributed by atoms with Crippen LogP contribution in [0, 0.1) is 11.8 Å². The smallest absolute Gasteiger partial charge is 0.138 e. The summed E-state index contributed by atoms with van der Waals surface area (Å²) in [5, 5.41) is 11.9. The van der Waals surface area contributed by atoms with E-state index >= 15 is 0 Å². The molecule has 0 spiro atoms. The molecule has 1 N–H and O–H groups in total. The first-order valence-corrected chi connectivity index (χ1v) is 4.39. The van der Waals surface area contributed by atoms with Crippen molar-refractivity contribution in [3.63, 3.8) is 0 Å². The predicted molar refractivity (Wildman–Crippen MR) is 46.4 cm³/mol. The van der Waals surface area contributed by atoms with Crippen molar-refractivity contribution in [2.45, 2.75) is 33.1 Å². The number of ketones is 1. The van der Waals surface area contributed by atoms with Crippen LogP contribution in [0.5, 0.6) is 0 Å². The zero-order valence-corrected chi connectivity index (χ0v) is 7.58. The van der Waals surface area contributed by atoms with Crippen molar-refractivity contribution >= 4 is 11.5 Å². The molecule has 0 saturated heterocycles. The number of hydrogen-bond donors (Lipinski definition) is 1. The van der Waals surface area contributed by atoms with Crippen molar-refractivity contribution in [2.24, 2.45) is 17.0 Å². The van der Waals surface area contributed by atoms with Crippen LogP contribution in [0.3, 0.4) is 0 Å². The second-order valence-electron chi connectivity index (χ2n) is 3.52. The fourth-order valence-electron chi connectivity index (χ4n) is 1.85. The Morgan fingerprint density at radius 1 is 1.58 bits per heavy atom. The van der Waals surface area contributed by atoms with E-state index in [9.17, 15) is 4.79 Å². The van der Waals surface area contributed by atoms with E-state index in [1.165, 1.54) is 0 Å². The van der Waals surface area contributed by atoms with Crippen LogP contribution in [0.25, 0.3) is 0 Å². The van der Waals surface area contributed by atoms with Gasteiger partial charge < -0.3 is 5.21 Å². The fourth-order valence-corrected chi connectivity index (χ4v) is 1.85. The molecule has 0 bridgehead atoms. The highest BCUT2D eigenvalue weighted by Crippen LogP contribution is 2.26. The second kappa shape index (κ2) is 3.70. The highest BCUT2D eigenvalue weighted by atomic mass is 16.4. The first-order chi connectivity index (χ1) is 5.66. The normalized spacial score (nSPS) is 33.7. The quantitative estimate of drug-likeness (QED) is 0.481. The summed E-state index contributed by atoms with van der Waals surface area (Å²) in [6.07, 6.45) is 2.94. The van der Waals surface area contributed by atoms with Gasteiger partial charge in [-0.05, 0) is 25.7 Å². The summed E-state index contributed by atoms with van der Waals surface area (Å²) in [7, 11) is 0. The molecule has 0 aromatic heterocycles. The Balaban J connectivity index is 2.78. The zero-order chi connectivity index (χ0) is 9.14. The van der Waals surface area contributed by atoms with E-state index in [0.717, 1.165) is 19.3 Å². The summed E-state index contributed by atoms with van der Waals surface area (Å²) < 4.78 is 0. The van der Waals surface area contributed by atoms with E-state index in [1.807, 2.05) is 6.92 Å². The van der Waals surface area contributed by atoms with Gasteiger partial charge in [-0.3, -0.25) is 4.79 Å². The second-order valence-corrected chi connectivity index (χ2v) is 3.52. The monoisotopic (exact) mass is 169 g/mol. The number of rotatable bonds is 1. The van der Waals surface area contributed by atoms with Gasteiger partial charge in [0.05, 0.1) is 11.6 Å². The number of hydrogen-bond acceptors (Lipinski definition) is 3. The molecule has 3 heteroatoms. The number of carbonyl (C=O) groups excluding carboxylic acids is 1. The molecular formula is C9H15NO2. The van der Waals surface area contributed by atoms with Gasteiger partial charge in [-0.25, -0.2) is 0 Å². The van der Waals surface area contributed by atoms with Gasteiger partial charge in [0, 0.05) is 0 Å². The minimum Gasteiger partial charge on any atom is -0.411 e. The van der Waals surface area contributed by atoms with E-state index in [-0.39, 0.29) is 17.6 Å². The van der Waals surface area contributed by atoms with E-state index in [4.69, 9.17) is 5.21 Å². The van der Waals surface area contributed by atoms with Crippen molar-refractivity contribution in [2.75, 3.05) is 0 Å². The van der Waals surface area contributed by atoms with Crippen LogP contribution in [0.15, 0.2) is 5.16 Å². The SMILES string of the molecule is CC(=O)C1CCCC(C)/C1=N/O. The van der Waals surface area contributed by atoms with Gasteiger partial charge in [0.2, 0.25) is 0 Å². The van der Waals surface area contributed by atoms with Gasteiger partial charge in [0.15, 0.2) is 0 Å². The van der Waals surface area contributed by atoms with E-state index in [0.29, 0.717) is 5.71 Å². The van der Waals surface area contributed by atoms with Crippen molar-refractivity contribution in [3.05, 3.63) is 0 Å². The van der Waals surface area contributed by atoms with Crippen molar-refractivity contribution in [1.29, 1.82) is 0 Å². The average Bonchev–Trinajstić information content (AvgIpc) is 2.03. The largest absolute Gasteiger partial charge is 0.411 e. The Labute approximate surface area is 72.5 Å². The van der Waals surface area contributed by atoms with Gasteiger partial charge in [0.1, 0.15) is 5.78 Å². The fraction of sp³-hybridized carbons (Fsp3) is 0.778. The molecular weight excluding hydrogens is 154 g/mol. The third-order valence-electron chi connectivity index (χ3n) is 2.60. The summed E-state index contributed by atoms with van der Waals surface area (Å²) in [6.45, 7) is 3.57.